The van der Waals surface area contributed by atoms with Gasteiger partial charge in [0.05, 0.1) is 22.9 Å². The van der Waals surface area contributed by atoms with E-state index in [0.29, 0.717) is 5.92 Å². The molecule has 196 valence electrons. The number of aliphatic hydroxyl groups is 2. The molecular formula is C29H45B2NO4. The minimum Gasteiger partial charge on any atom is -0.429 e. The van der Waals surface area contributed by atoms with Crippen LogP contribution in [0.2, 0.25) is 0 Å². The highest BCUT2D eigenvalue weighted by atomic mass is 16.5. The molecule has 2 unspecified atom stereocenters. The van der Waals surface area contributed by atoms with E-state index in [1.807, 2.05) is 20.8 Å². The van der Waals surface area contributed by atoms with Gasteiger partial charge in [0.15, 0.2) is 0 Å². The van der Waals surface area contributed by atoms with Gasteiger partial charge in [-0.3, -0.25) is 0 Å². The molecule has 0 bridgehead atoms. The summed E-state index contributed by atoms with van der Waals surface area (Å²) in [6.07, 6.45) is 9.90. The molecule has 1 heterocycles. The summed E-state index contributed by atoms with van der Waals surface area (Å²) < 4.78 is 11.9. The van der Waals surface area contributed by atoms with E-state index in [0.717, 1.165) is 30.3 Å². The predicted molar refractivity (Wildman–Crippen MR) is 151 cm³/mol. The standard InChI is InChI=1S/C29H45B2NO4/c1-9-10-11-12-17-32-25-18-21(30-35-20(2)27(3,4)33)13-15-23(25)24-16-14-22(19-26(24)32)31-36-29(7,8)28(5,6)34/h13-15,18-20,24,33-34H,9-12,16-17H2,1-8H3. The summed E-state index contributed by atoms with van der Waals surface area (Å²) in [7, 11) is 3.56. The van der Waals surface area contributed by atoms with Gasteiger partial charge in [0, 0.05) is 23.8 Å². The first-order valence-electron chi connectivity index (χ1n) is 13.5. The van der Waals surface area contributed by atoms with Gasteiger partial charge in [-0.05, 0) is 79.0 Å². The maximum Gasteiger partial charge on any atom is 0.330 e. The molecule has 0 spiro atoms. The van der Waals surface area contributed by atoms with Gasteiger partial charge >= 0.3 is 15.0 Å². The number of fused-ring (bicyclic) bond motifs is 3. The highest BCUT2D eigenvalue weighted by molar-refractivity contribution is 6.47. The van der Waals surface area contributed by atoms with Gasteiger partial charge < -0.3 is 24.4 Å². The van der Waals surface area contributed by atoms with E-state index in [2.05, 4.69) is 42.2 Å². The average Bonchev–Trinajstić information content (AvgIpc) is 3.09. The third-order valence-corrected chi connectivity index (χ3v) is 7.89. The SMILES string of the molecule is CCCCCCN1C2=CC([B]OC(C)(C)C(C)(C)O)=CCC2c2ccc([B]OC(C)C(C)(C)O)cc21. The highest BCUT2D eigenvalue weighted by Crippen LogP contribution is 2.47. The van der Waals surface area contributed by atoms with Crippen molar-refractivity contribution in [1.29, 1.82) is 0 Å². The van der Waals surface area contributed by atoms with Crippen LogP contribution in [-0.2, 0) is 9.31 Å². The third kappa shape index (κ3) is 6.86. The van der Waals surface area contributed by atoms with Crippen LogP contribution in [0.15, 0.2) is 41.5 Å². The fourth-order valence-electron chi connectivity index (χ4n) is 4.29. The van der Waals surface area contributed by atoms with Crippen molar-refractivity contribution < 1.29 is 19.5 Å². The topological polar surface area (TPSA) is 62.2 Å². The first-order chi connectivity index (χ1) is 16.7. The number of unbranched alkanes of at least 4 members (excludes halogenated alkanes) is 3. The smallest absolute Gasteiger partial charge is 0.330 e. The number of nitrogens with zero attached hydrogens (tertiary/aromatic N) is 1. The zero-order valence-corrected chi connectivity index (χ0v) is 23.6. The Labute approximate surface area is 220 Å². The summed E-state index contributed by atoms with van der Waals surface area (Å²) >= 11 is 0. The molecule has 5 nitrogen and oxygen atoms in total. The van der Waals surface area contributed by atoms with Gasteiger partial charge in [0.25, 0.3) is 0 Å². The fraction of sp³-hybridized carbons (Fsp3) is 0.655. The molecule has 0 saturated heterocycles. The van der Waals surface area contributed by atoms with Crippen molar-refractivity contribution in [2.24, 2.45) is 0 Å². The molecule has 2 aliphatic rings. The van der Waals surface area contributed by atoms with Crippen molar-refractivity contribution in [3.63, 3.8) is 0 Å². The summed E-state index contributed by atoms with van der Waals surface area (Å²) in [5.74, 6) is 0.330. The Morgan fingerprint density at radius 1 is 1.06 bits per heavy atom. The Hall–Kier alpha value is -1.53. The number of hydrogen-bond acceptors (Lipinski definition) is 5. The van der Waals surface area contributed by atoms with Crippen LogP contribution in [0, 0.1) is 0 Å². The molecule has 36 heavy (non-hydrogen) atoms. The van der Waals surface area contributed by atoms with E-state index in [9.17, 15) is 10.2 Å². The van der Waals surface area contributed by atoms with Crippen molar-refractivity contribution in [3.8, 4) is 0 Å². The lowest BCUT2D eigenvalue weighted by molar-refractivity contribution is -0.0896. The van der Waals surface area contributed by atoms with Crippen LogP contribution in [0.4, 0.5) is 5.69 Å². The van der Waals surface area contributed by atoms with Crippen LogP contribution in [0.1, 0.15) is 99.0 Å². The molecule has 0 saturated carbocycles. The monoisotopic (exact) mass is 493 g/mol. The molecule has 1 aromatic carbocycles. The molecular weight excluding hydrogens is 448 g/mol. The Kier molecular flexibility index (Phi) is 9.25. The minimum absolute atomic E-state index is 0.309. The normalized spacial score (nSPS) is 18.8. The lowest BCUT2D eigenvalue weighted by atomic mass is 9.77. The number of allylic oxidation sites excluding steroid dienone is 4. The molecule has 1 aliphatic heterocycles. The summed E-state index contributed by atoms with van der Waals surface area (Å²) in [5, 5.41) is 20.7. The van der Waals surface area contributed by atoms with E-state index >= 15 is 0 Å². The lowest BCUT2D eigenvalue weighted by Crippen LogP contribution is -2.48. The number of anilines is 1. The average molecular weight is 493 g/mol. The van der Waals surface area contributed by atoms with Crippen molar-refractivity contribution in [3.05, 3.63) is 47.1 Å². The molecule has 7 heteroatoms. The van der Waals surface area contributed by atoms with Gasteiger partial charge in [0.2, 0.25) is 0 Å². The second-order valence-corrected chi connectivity index (χ2v) is 11.9. The molecule has 1 aromatic rings. The van der Waals surface area contributed by atoms with Gasteiger partial charge in [-0.15, -0.1) is 0 Å². The second kappa shape index (κ2) is 11.5. The molecule has 1 aliphatic carbocycles. The number of hydrogen-bond donors (Lipinski definition) is 2. The van der Waals surface area contributed by atoms with Crippen LogP contribution in [0.25, 0.3) is 0 Å². The van der Waals surface area contributed by atoms with E-state index in [1.165, 1.54) is 36.2 Å². The second-order valence-electron chi connectivity index (χ2n) is 11.9. The van der Waals surface area contributed by atoms with Crippen molar-refractivity contribution in [1.82, 2.24) is 0 Å². The Bertz CT molecular complexity index is 959. The molecule has 2 atom stereocenters. The molecule has 2 N–H and O–H groups in total. The third-order valence-electron chi connectivity index (χ3n) is 7.89. The van der Waals surface area contributed by atoms with Crippen molar-refractivity contribution in [2.75, 3.05) is 11.4 Å². The maximum absolute atomic E-state index is 10.5. The van der Waals surface area contributed by atoms with Crippen molar-refractivity contribution >= 4 is 26.1 Å². The van der Waals surface area contributed by atoms with E-state index in [-0.39, 0.29) is 6.10 Å². The van der Waals surface area contributed by atoms with Crippen LogP contribution < -0.4 is 10.4 Å². The van der Waals surface area contributed by atoms with E-state index in [1.54, 1.807) is 42.7 Å². The van der Waals surface area contributed by atoms with Gasteiger partial charge in [-0.2, -0.15) is 0 Å². The molecule has 3 rings (SSSR count). The zero-order valence-electron chi connectivity index (χ0n) is 23.6. The molecule has 0 fully saturated rings. The maximum atomic E-state index is 10.5. The highest BCUT2D eigenvalue weighted by Gasteiger charge is 2.38. The van der Waals surface area contributed by atoms with Gasteiger partial charge in [-0.25, -0.2) is 0 Å². The van der Waals surface area contributed by atoms with Crippen LogP contribution in [0.3, 0.4) is 0 Å². The lowest BCUT2D eigenvalue weighted by Gasteiger charge is -2.38. The first kappa shape index (κ1) is 29.0. The summed E-state index contributed by atoms with van der Waals surface area (Å²) in [6, 6.07) is 6.54. The van der Waals surface area contributed by atoms with E-state index in [4.69, 9.17) is 9.31 Å². The molecule has 0 amide bonds. The zero-order chi connectivity index (χ0) is 26.7. The summed E-state index contributed by atoms with van der Waals surface area (Å²) in [5.41, 5.74) is 3.37. The van der Waals surface area contributed by atoms with Crippen LogP contribution in [0.5, 0.6) is 0 Å². The Balaban J connectivity index is 1.81. The Morgan fingerprint density at radius 3 is 2.42 bits per heavy atom. The molecule has 2 radical (unpaired) electrons. The predicted octanol–water partition coefficient (Wildman–Crippen LogP) is 4.95. The van der Waals surface area contributed by atoms with Gasteiger partial charge in [-0.1, -0.05) is 55.3 Å². The number of benzene rings is 1. The van der Waals surface area contributed by atoms with Crippen molar-refractivity contribution in [2.45, 2.75) is 116 Å². The molecule has 0 aromatic heterocycles. The quantitative estimate of drug-likeness (QED) is 0.301. The summed E-state index contributed by atoms with van der Waals surface area (Å²) in [6.45, 7) is 16.0. The first-order valence-corrected chi connectivity index (χ1v) is 13.5. The van der Waals surface area contributed by atoms with E-state index < -0.39 is 16.8 Å². The Morgan fingerprint density at radius 2 is 1.78 bits per heavy atom. The van der Waals surface area contributed by atoms with Gasteiger partial charge in [0.1, 0.15) is 0 Å². The van der Waals surface area contributed by atoms with Crippen LogP contribution in [-0.4, -0.2) is 54.6 Å². The minimum atomic E-state index is -0.957. The largest absolute Gasteiger partial charge is 0.429 e. The number of rotatable bonds is 13. The van der Waals surface area contributed by atoms with Crippen LogP contribution >= 0.6 is 0 Å². The summed E-state index contributed by atoms with van der Waals surface area (Å²) in [4.78, 5) is 2.47. The fourth-order valence-corrected chi connectivity index (χ4v) is 4.29.